The maximum Gasteiger partial charge on any atom is 0.170 e. The minimum absolute atomic E-state index is 0.836. The minimum atomic E-state index is 0.836. The number of H-pyrrole nitrogens is 1. The Balaban J connectivity index is 1.76. The zero-order chi connectivity index (χ0) is 15.8. The highest BCUT2D eigenvalue weighted by molar-refractivity contribution is 7.99. The Morgan fingerprint density at radius 2 is 1.65 bits per heavy atom. The molecule has 4 aromatic rings. The van der Waals surface area contributed by atoms with E-state index in [-0.39, 0.29) is 0 Å². The van der Waals surface area contributed by atoms with E-state index in [9.17, 15) is 0 Å². The number of nitrogens with zero attached hydrogens (tertiary/aromatic N) is 3. The molecule has 23 heavy (non-hydrogen) atoms. The Kier molecular flexibility index (Phi) is 3.42. The van der Waals surface area contributed by atoms with Gasteiger partial charge in [0.25, 0.3) is 0 Å². The summed E-state index contributed by atoms with van der Waals surface area (Å²) in [5.74, 6) is 0.836. The number of aromatic amines is 1. The fraction of sp³-hybridized carbons (Fsp3) is 0.111. The average molecular weight is 320 g/mol. The van der Waals surface area contributed by atoms with Gasteiger partial charge in [-0.3, -0.25) is 0 Å². The van der Waals surface area contributed by atoms with Crippen molar-refractivity contribution in [3.05, 3.63) is 65.9 Å². The summed E-state index contributed by atoms with van der Waals surface area (Å²) >= 11 is 1.71. The van der Waals surface area contributed by atoms with Gasteiger partial charge in [-0.05, 0) is 26.0 Å². The number of nitrogens with one attached hydrogen (secondary N) is 1. The molecule has 5 heteroatoms. The fourth-order valence-electron chi connectivity index (χ4n) is 2.48. The molecule has 0 radical (unpaired) electrons. The molecule has 0 saturated heterocycles. The van der Waals surface area contributed by atoms with E-state index in [2.05, 4.69) is 58.5 Å². The van der Waals surface area contributed by atoms with Crippen LogP contribution >= 0.6 is 11.8 Å². The van der Waals surface area contributed by atoms with Crippen LogP contribution in [0.3, 0.4) is 0 Å². The molecule has 0 aliphatic rings. The van der Waals surface area contributed by atoms with E-state index in [1.165, 1.54) is 10.5 Å². The van der Waals surface area contributed by atoms with Gasteiger partial charge in [0.1, 0.15) is 0 Å². The summed E-state index contributed by atoms with van der Waals surface area (Å²) in [6.07, 6.45) is 0. The molecular weight excluding hydrogens is 304 g/mol. The molecule has 4 rings (SSSR count). The van der Waals surface area contributed by atoms with Gasteiger partial charge in [-0.2, -0.15) is 5.10 Å². The van der Waals surface area contributed by atoms with Crippen molar-refractivity contribution in [1.29, 1.82) is 0 Å². The third-order valence-electron chi connectivity index (χ3n) is 3.71. The summed E-state index contributed by atoms with van der Waals surface area (Å²) in [6.45, 7) is 4.09. The van der Waals surface area contributed by atoms with E-state index >= 15 is 0 Å². The van der Waals surface area contributed by atoms with Gasteiger partial charge in [-0.1, -0.05) is 59.8 Å². The van der Waals surface area contributed by atoms with Crippen LogP contribution in [0, 0.1) is 13.8 Å². The second-order valence-electron chi connectivity index (χ2n) is 5.51. The lowest BCUT2D eigenvalue weighted by molar-refractivity contribution is 0.810. The quantitative estimate of drug-likeness (QED) is 0.605. The normalized spacial score (nSPS) is 11.2. The number of benzene rings is 2. The average Bonchev–Trinajstić information content (AvgIpc) is 3.08. The SMILES string of the molecule is Cc1ccc(-c2nn3nc(C)c(Sc4ccccc4)c3[nH]2)cc1. The van der Waals surface area contributed by atoms with Crippen LogP contribution < -0.4 is 0 Å². The number of fused-ring (bicyclic) bond motifs is 1. The molecule has 2 heterocycles. The predicted octanol–water partition coefficient (Wildman–Crippen LogP) is 4.49. The van der Waals surface area contributed by atoms with Crippen molar-refractivity contribution in [3.8, 4) is 11.4 Å². The molecule has 2 aromatic heterocycles. The highest BCUT2D eigenvalue weighted by Crippen LogP contribution is 2.33. The third-order valence-corrected chi connectivity index (χ3v) is 4.91. The Morgan fingerprint density at radius 1 is 0.913 bits per heavy atom. The lowest BCUT2D eigenvalue weighted by Gasteiger charge is -1.99. The third kappa shape index (κ3) is 2.64. The molecule has 0 fully saturated rings. The lowest BCUT2D eigenvalue weighted by atomic mass is 10.1. The number of aryl methyl sites for hydroxylation is 2. The van der Waals surface area contributed by atoms with Crippen molar-refractivity contribution in [1.82, 2.24) is 19.8 Å². The molecule has 1 N–H and O–H groups in total. The molecule has 114 valence electrons. The molecule has 0 aliphatic heterocycles. The summed E-state index contributed by atoms with van der Waals surface area (Å²) in [5.41, 5.74) is 4.22. The topological polar surface area (TPSA) is 46.0 Å². The van der Waals surface area contributed by atoms with Crippen LogP contribution in [0.1, 0.15) is 11.3 Å². The van der Waals surface area contributed by atoms with Crippen molar-refractivity contribution in [2.24, 2.45) is 0 Å². The first-order valence-corrected chi connectivity index (χ1v) is 8.28. The first kappa shape index (κ1) is 14.1. The van der Waals surface area contributed by atoms with Gasteiger partial charge >= 0.3 is 0 Å². The maximum absolute atomic E-state index is 4.57. The van der Waals surface area contributed by atoms with E-state index in [4.69, 9.17) is 0 Å². The second kappa shape index (κ2) is 5.59. The Hall–Kier alpha value is -2.53. The van der Waals surface area contributed by atoms with Crippen LogP contribution in [-0.4, -0.2) is 19.8 Å². The molecule has 2 aromatic carbocycles. The van der Waals surface area contributed by atoms with Crippen LogP contribution in [0.4, 0.5) is 0 Å². The molecule has 4 nitrogen and oxygen atoms in total. The van der Waals surface area contributed by atoms with Crippen molar-refractivity contribution in [2.45, 2.75) is 23.6 Å². The van der Waals surface area contributed by atoms with E-state index in [0.717, 1.165) is 27.6 Å². The van der Waals surface area contributed by atoms with Gasteiger partial charge in [0.2, 0.25) is 0 Å². The van der Waals surface area contributed by atoms with Gasteiger partial charge in [0.05, 0.1) is 10.6 Å². The Bertz CT molecular complexity index is 952. The van der Waals surface area contributed by atoms with Crippen LogP contribution in [-0.2, 0) is 0 Å². The number of aromatic nitrogens is 4. The van der Waals surface area contributed by atoms with Crippen LogP contribution in [0.15, 0.2) is 64.4 Å². The van der Waals surface area contributed by atoms with Gasteiger partial charge in [0, 0.05) is 10.5 Å². The van der Waals surface area contributed by atoms with Gasteiger partial charge in [-0.25, -0.2) is 0 Å². The van der Waals surface area contributed by atoms with E-state index in [1.54, 1.807) is 16.4 Å². The first-order valence-electron chi connectivity index (χ1n) is 7.46. The molecule has 0 bridgehead atoms. The highest BCUT2D eigenvalue weighted by Gasteiger charge is 2.15. The summed E-state index contributed by atoms with van der Waals surface area (Å²) < 4.78 is 1.69. The van der Waals surface area contributed by atoms with Crippen molar-refractivity contribution >= 4 is 17.4 Å². The molecule has 0 aliphatic carbocycles. The molecular formula is C18H16N4S. The Morgan fingerprint density at radius 3 is 2.39 bits per heavy atom. The highest BCUT2D eigenvalue weighted by atomic mass is 32.2. The molecule has 0 amide bonds. The van der Waals surface area contributed by atoms with E-state index in [1.807, 2.05) is 25.1 Å². The largest absolute Gasteiger partial charge is 0.320 e. The van der Waals surface area contributed by atoms with E-state index in [0.29, 0.717) is 0 Å². The number of hydrogen-bond acceptors (Lipinski definition) is 3. The maximum atomic E-state index is 4.57. The van der Waals surface area contributed by atoms with Crippen LogP contribution in [0.25, 0.3) is 17.0 Å². The molecule has 0 spiro atoms. The molecule has 0 saturated carbocycles. The van der Waals surface area contributed by atoms with Crippen molar-refractivity contribution in [3.63, 3.8) is 0 Å². The first-order chi connectivity index (χ1) is 11.2. The standard InChI is InChI=1S/C18H16N4S/c1-12-8-10-14(11-9-12)17-19-18-16(13(2)20-22(18)21-17)23-15-6-4-3-5-7-15/h3-11H,1-2H3,(H,19,21). The van der Waals surface area contributed by atoms with Crippen molar-refractivity contribution < 1.29 is 0 Å². The monoisotopic (exact) mass is 320 g/mol. The summed E-state index contributed by atoms with van der Waals surface area (Å²) in [5, 5.41) is 9.10. The molecule has 0 unspecified atom stereocenters. The summed E-state index contributed by atoms with van der Waals surface area (Å²) in [4.78, 5) is 5.71. The van der Waals surface area contributed by atoms with Crippen molar-refractivity contribution in [2.75, 3.05) is 0 Å². The summed E-state index contributed by atoms with van der Waals surface area (Å²) in [6, 6.07) is 18.6. The lowest BCUT2D eigenvalue weighted by Crippen LogP contribution is -1.88. The van der Waals surface area contributed by atoms with Gasteiger partial charge in [0.15, 0.2) is 11.5 Å². The number of rotatable bonds is 3. The zero-order valence-corrected chi connectivity index (χ0v) is 13.8. The zero-order valence-electron chi connectivity index (χ0n) is 12.9. The smallest absolute Gasteiger partial charge is 0.170 e. The second-order valence-corrected chi connectivity index (χ2v) is 6.59. The predicted molar refractivity (Wildman–Crippen MR) is 92.8 cm³/mol. The molecule has 0 atom stereocenters. The fourth-order valence-corrected chi connectivity index (χ4v) is 3.43. The summed E-state index contributed by atoms with van der Waals surface area (Å²) in [7, 11) is 0. The van der Waals surface area contributed by atoms with Gasteiger partial charge < -0.3 is 4.98 Å². The number of hydrogen-bond donors (Lipinski definition) is 1. The van der Waals surface area contributed by atoms with Gasteiger partial charge in [-0.15, -0.1) is 9.73 Å². The van der Waals surface area contributed by atoms with E-state index < -0.39 is 0 Å². The van der Waals surface area contributed by atoms with Crippen LogP contribution in [0.2, 0.25) is 0 Å². The van der Waals surface area contributed by atoms with Crippen LogP contribution in [0.5, 0.6) is 0 Å². The Labute approximate surface area is 138 Å². The minimum Gasteiger partial charge on any atom is -0.320 e.